The summed E-state index contributed by atoms with van der Waals surface area (Å²) in [5, 5.41) is 3.64. The van der Waals surface area contributed by atoms with Crippen LogP contribution < -0.4 is 10.9 Å². The standard InChI is InChI=1S/C21H30N4O2S/c1-5-25(6-2)18(16-10-8-7-9-11-16)14-22-19(26)13-12-17-15(3)23-21(28-4)24-20(17)27/h7-11,18H,5-6,12-14H2,1-4H3,(H,22,26)(H,23,24,27). The molecule has 0 aliphatic carbocycles. The van der Waals surface area contributed by atoms with E-state index in [1.807, 2.05) is 31.4 Å². The van der Waals surface area contributed by atoms with Crippen molar-refractivity contribution in [2.75, 3.05) is 25.9 Å². The normalized spacial score (nSPS) is 12.2. The van der Waals surface area contributed by atoms with Crippen LogP contribution in [-0.2, 0) is 11.2 Å². The molecule has 1 aromatic carbocycles. The Hall–Kier alpha value is -2.12. The van der Waals surface area contributed by atoms with Gasteiger partial charge < -0.3 is 10.3 Å². The number of nitrogens with zero attached hydrogens (tertiary/aromatic N) is 2. The number of H-pyrrole nitrogens is 1. The number of likely N-dealkylation sites (N-methyl/N-ethyl adjacent to an activating group) is 1. The number of hydrogen-bond acceptors (Lipinski definition) is 5. The molecular weight excluding hydrogens is 372 g/mol. The smallest absolute Gasteiger partial charge is 0.254 e. The molecule has 1 heterocycles. The van der Waals surface area contributed by atoms with E-state index in [0.717, 1.165) is 13.1 Å². The van der Waals surface area contributed by atoms with Gasteiger partial charge in [-0.15, -0.1) is 0 Å². The first kappa shape index (κ1) is 22.2. The summed E-state index contributed by atoms with van der Waals surface area (Å²) in [4.78, 5) is 34.1. The molecule has 6 nitrogen and oxygen atoms in total. The van der Waals surface area contributed by atoms with Gasteiger partial charge in [0.05, 0.1) is 6.04 Å². The van der Waals surface area contributed by atoms with Gasteiger partial charge in [0.1, 0.15) is 0 Å². The lowest BCUT2D eigenvalue weighted by molar-refractivity contribution is -0.121. The van der Waals surface area contributed by atoms with Crippen molar-refractivity contribution in [3.05, 3.63) is 57.5 Å². The maximum Gasteiger partial charge on any atom is 0.254 e. The number of carbonyl (C=O) groups is 1. The molecule has 28 heavy (non-hydrogen) atoms. The quantitative estimate of drug-likeness (QED) is 0.472. The van der Waals surface area contributed by atoms with Gasteiger partial charge in [0, 0.05) is 24.2 Å². The predicted octanol–water partition coefficient (Wildman–Crippen LogP) is 2.93. The van der Waals surface area contributed by atoms with E-state index >= 15 is 0 Å². The molecule has 0 fully saturated rings. The lowest BCUT2D eigenvalue weighted by atomic mass is 10.0. The lowest BCUT2D eigenvalue weighted by Crippen LogP contribution is -2.38. The first-order chi connectivity index (χ1) is 13.5. The predicted molar refractivity (Wildman–Crippen MR) is 115 cm³/mol. The number of aryl methyl sites for hydroxylation is 1. The Kier molecular flexibility index (Phi) is 8.73. The highest BCUT2D eigenvalue weighted by Gasteiger charge is 2.19. The van der Waals surface area contributed by atoms with Gasteiger partial charge in [0.25, 0.3) is 5.56 Å². The van der Waals surface area contributed by atoms with Crippen LogP contribution in [0.25, 0.3) is 0 Å². The van der Waals surface area contributed by atoms with Gasteiger partial charge in [-0.25, -0.2) is 4.98 Å². The fourth-order valence-corrected chi connectivity index (χ4v) is 3.73. The van der Waals surface area contributed by atoms with E-state index in [4.69, 9.17) is 0 Å². The number of hydrogen-bond donors (Lipinski definition) is 2. The summed E-state index contributed by atoms with van der Waals surface area (Å²) in [6.45, 7) is 8.43. The van der Waals surface area contributed by atoms with Gasteiger partial charge in [-0.1, -0.05) is 55.9 Å². The van der Waals surface area contributed by atoms with Gasteiger partial charge in [0.2, 0.25) is 5.91 Å². The topological polar surface area (TPSA) is 78.1 Å². The molecule has 0 saturated carbocycles. The van der Waals surface area contributed by atoms with Crippen molar-refractivity contribution in [1.29, 1.82) is 0 Å². The van der Waals surface area contributed by atoms with Crippen molar-refractivity contribution >= 4 is 17.7 Å². The Balaban J connectivity index is 1.99. The molecule has 0 aliphatic heterocycles. The van der Waals surface area contributed by atoms with Gasteiger partial charge in [-0.2, -0.15) is 0 Å². The van der Waals surface area contributed by atoms with E-state index in [1.54, 1.807) is 0 Å². The molecule has 0 spiro atoms. The summed E-state index contributed by atoms with van der Waals surface area (Å²) in [7, 11) is 0. The fourth-order valence-electron chi connectivity index (χ4n) is 3.31. The number of carbonyl (C=O) groups excluding carboxylic acids is 1. The van der Waals surface area contributed by atoms with E-state index in [2.05, 4.69) is 46.2 Å². The van der Waals surface area contributed by atoms with Crippen molar-refractivity contribution in [2.45, 2.75) is 44.8 Å². The number of thioether (sulfide) groups is 1. The maximum absolute atomic E-state index is 12.4. The molecule has 0 saturated heterocycles. The minimum Gasteiger partial charge on any atom is -0.354 e. The summed E-state index contributed by atoms with van der Waals surface area (Å²) in [6.07, 6.45) is 2.52. The summed E-state index contributed by atoms with van der Waals surface area (Å²) < 4.78 is 0. The second kappa shape index (κ2) is 11.0. The Morgan fingerprint density at radius 2 is 1.93 bits per heavy atom. The Bertz CT molecular complexity index is 819. The van der Waals surface area contributed by atoms with Gasteiger partial charge in [-0.3, -0.25) is 14.5 Å². The molecule has 0 aliphatic rings. The van der Waals surface area contributed by atoms with Crippen LogP contribution in [0.3, 0.4) is 0 Å². The SMILES string of the molecule is CCN(CC)C(CNC(=O)CCc1c(C)nc(SC)[nH]c1=O)c1ccccc1. The van der Waals surface area contributed by atoms with Crippen molar-refractivity contribution in [3.63, 3.8) is 0 Å². The van der Waals surface area contributed by atoms with Gasteiger partial charge in [-0.05, 0) is 38.3 Å². The summed E-state index contributed by atoms with van der Waals surface area (Å²) >= 11 is 1.40. The molecule has 7 heteroatoms. The number of aromatic nitrogens is 2. The monoisotopic (exact) mass is 402 g/mol. The molecule has 0 bridgehead atoms. The van der Waals surface area contributed by atoms with Crippen LogP contribution in [0.2, 0.25) is 0 Å². The number of aromatic amines is 1. The van der Waals surface area contributed by atoms with Crippen LogP contribution in [-0.4, -0.2) is 46.7 Å². The molecule has 2 aromatic rings. The maximum atomic E-state index is 12.4. The second-order valence-electron chi connectivity index (χ2n) is 6.59. The third-order valence-corrected chi connectivity index (χ3v) is 5.51. The molecule has 1 aromatic heterocycles. The highest BCUT2D eigenvalue weighted by Crippen LogP contribution is 2.19. The Morgan fingerprint density at radius 3 is 2.50 bits per heavy atom. The highest BCUT2D eigenvalue weighted by molar-refractivity contribution is 7.98. The van der Waals surface area contributed by atoms with Crippen LogP contribution in [0, 0.1) is 6.92 Å². The lowest BCUT2D eigenvalue weighted by Gasteiger charge is -2.30. The fraction of sp³-hybridized carbons (Fsp3) is 0.476. The first-order valence-corrected chi connectivity index (χ1v) is 10.9. The zero-order valence-corrected chi connectivity index (χ0v) is 17.9. The summed E-state index contributed by atoms with van der Waals surface area (Å²) in [6, 6.07) is 10.4. The average Bonchev–Trinajstić information content (AvgIpc) is 2.70. The third-order valence-electron chi connectivity index (χ3n) is 4.93. The van der Waals surface area contributed by atoms with Crippen LogP contribution in [0.15, 0.2) is 40.3 Å². The molecular formula is C21H30N4O2S. The molecule has 1 amide bonds. The number of rotatable bonds is 10. The molecule has 2 rings (SSSR count). The Morgan fingerprint density at radius 1 is 1.25 bits per heavy atom. The number of nitrogens with one attached hydrogen (secondary N) is 2. The third kappa shape index (κ3) is 5.94. The molecule has 1 atom stereocenters. The van der Waals surface area contributed by atoms with Crippen molar-refractivity contribution in [3.8, 4) is 0 Å². The molecule has 1 unspecified atom stereocenters. The van der Waals surface area contributed by atoms with Crippen LogP contribution in [0.5, 0.6) is 0 Å². The van der Waals surface area contributed by atoms with Crippen molar-refractivity contribution in [2.24, 2.45) is 0 Å². The Labute approximate surface area is 171 Å². The van der Waals surface area contributed by atoms with E-state index in [9.17, 15) is 9.59 Å². The van der Waals surface area contributed by atoms with Crippen LogP contribution >= 0.6 is 11.8 Å². The minimum atomic E-state index is -0.157. The largest absolute Gasteiger partial charge is 0.354 e. The van der Waals surface area contributed by atoms with E-state index in [1.165, 1.54) is 17.3 Å². The van der Waals surface area contributed by atoms with Crippen LogP contribution in [0.4, 0.5) is 0 Å². The van der Waals surface area contributed by atoms with E-state index < -0.39 is 0 Å². The zero-order chi connectivity index (χ0) is 20.5. The van der Waals surface area contributed by atoms with Crippen LogP contribution in [0.1, 0.15) is 43.1 Å². The average molecular weight is 403 g/mol. The summed E-state index contributed by atoms with van der Waals surface area (Å²) in [5.41, 5.74) is 2.30. The number of benzene rings is 1. The first-order valence-electron chi connectivity index (χ1n) is 9.69. The van der Waals surface area contributed by atoms with Crippen molar-refractivity contribution in [1.82, 2.24) is 20.2 Å². The number of amides is 1. The summed E-state index contributed by atoms with van der Waals surface area (Å²) in [5.74, 6) is -0.0548. The molecule has 2 N–H and O–H groups in total. The molecule has 152 valence electrons. The zero-order valence-electron chi connectivity index (χ0n) is 17.1. The molecule has 0 radical (unpaired) electrons. The second-order valence-corrected chi connectivity index (χ2v) is 7.39. The van der Waals surface area contributed by atoms with Gasteiger partial charge >= 0.3 is 0 Å². The van der Waals surface area contributed by atoms with E-state index in [0.29, 0.717) is 29.4 Å². The van der Waals surface area contributed by atoms with E-state index in [-0.39, 0.29) is 23.9 Å². The minimum absolute atomic E-state index is 0.0548. The van der Waals surface area contributed by atoms with Gasteiger partial charge in [0.15, 0.2) is 5.16 Å². The van der Waals surface area contributed by atoms with Crippen molar-refractivity contribution < 1.29 is 4.79 Å². The highest BCUT2D eigenvalue weighted by atomic mass is 32.2.